The minimum atomic E-state index is 0.303. The van der Waals surface area contributed by atoms with Gasteiger partial charge >= 0.3 is 0 Å². The lowest BCUT2D eigenvalue weighted by Crippen LogP contribution is -2.58. The van der Waals surface area contributed by atoms with Gasteiger partial charge in [0.05, 0.1) is 13.2 Å². The molecule has 0 radical (unpaired) electrons. The van der Waals surface area contributed by atoms with E-state index in [0.717, 1.165) is 19.6 Å². The molecule has 1 aliphatic heterocycles. The summed E-state index contributed by atoms with van der Waals surface area (Å²) in [5, 5.41) is 3.85. The molecule has 17 heavy (non-hydrogen) atoms. The summed E-state index contributed by atoms with van der Waals surface area (Å²) in [5.41, 5.74) is 1.71. The SMILES string of the molecule is c1ccc(C[C@@H]2COCC3(CCCC3)N2)cc1. The zero-order valence-electron chi connectivity index (χ0n) is 10.3. The maximum absolute atomic E-state index is 5.83. The van der Waals surface area contributed by atoms with Crippen molar-refractivity contribution in [2.45, 2.75) is 43.7 Å². The maximum atomic E-state index is 5.83. The van der Waals surface area contributed by atoms with Gasteiger partial charge in [-0.1, -0.05) is 43.2 Å². The van der Waals surface area contributed by atoms with E-state index >= 15 is 0 Å². The van der Waals surface area contributed by atoms with Gasteiger partial charge in [-0.15, -0.1) is 0 Å². The largest absolute Gasteiger partial charge is 0.378 e. The van der Waals surface area contributed by atoms with Gasteiger partial charge in [0.15, 0.2) is 0 Å². The predicted octanol–water partition coefficient (Wildman–Crippen LogP) is 2.53. The van der Waals surface area contributed by atoms with Crippen LogP contribution in [0.2, 0.25) is 0 Å². The van der Waals surface area contributed by atoms with Gasteiger partial charge in [0, 0.05) is 11.6 Å². The Balaban J connectivity index is 1.64. The van der Waals surface area contributed by atoms with Crippen LogP contribution in [0.4, 0.5) is 0 Å². The Hall–Kier alpha value is -0.860. The molecule has 1 saturated carbocycles. The summed E-state index contributed by atoms with van der Waals surface area (Å²) >= 11 is 0. The van der Waals surface area contributed by atoms with E-state index in [-0.39, 0.29) is 0 Å². The van der Waals surface area contributed by atoms with Crippen molar-refractivity contribution in [3.63, 3.8) is 0 Å². The molecule has 1 saturated heterocycles. The number of morpholine rings is 1. The van der Waals surface area contributed by atoms with Crippen LogP contribution >= 0.6 is 0 Å². The molecule has 2 aliphatic rings. The van der Waals surface area contributed by atoms with Crippen LogP contribution in [-0.4, -0.2) is 24.8 Å². The van der Waals surface area contributed by atoms with Crippen molar-refractivity contribution in [2.24, 2.45) is 0 Å². The van der Waals surface area contributed by atoms with Crippen molar-refractivity contribution in [1.82, 2.24) is 5.32 Å². The number of nitrogens with one attached hydrogen (secondary N) is 1. The monoisotopic (exact) mass is 231 g/mol. The molecule has 92 valence electrons. The fourth-order valence-electron chi connectivity index (χ4n) is 3.26. The van der Waals surface area contributed by atoms with Crippen LogP contribution in [-0.2, 0) is 11.2 Å². The highest BCUT2D eigenvalue weighted by molar-refractivity contribution is 5.16. The van der Waals surface area contributed by atoms with Gasteiger partial charge in [-0.2, -0.15) is 0 Å². The van der Waals surface area contributed by atoms with Crippen molar-refractivity contribution in [3.05, 3.63) is 35.9 Å². The highest BCUT2D eigenvalue weighted by Gasteiger charge is 2.38. The molecule has 1 heterocycles. The Morgan fingerprint density at radius 1 is 1.18 bits per heavy atom. The fourth-order valence-corrected chi connectivity index (χ4v) is 3.26. The molecule has 1 aromatic rings. The quantitative estimate of drug-likeness (QED) is 0.844. The molecule has 0 aromatic heterocycles. The molecule has 3 rings (SSSR count). The normalized spacial score (nSPS) is 27.4. The number of ether oxygens (including phenoxy) is 1. The standard InChI is InChI=1S/C15H21NO/c1-2-6-13(7-3-1)10-14-11-17-12-15(16-14)8-4-5-9-15/h1-3,6-7,14,16H,4-5,8-12H2/t14-/m1/s1. The number of hydrogen-bond acceptors (Lipinski definition) is 2. The average Bonchev–Trinajstić information content (AvgIpc) is 2.79. The molecule has 0 bridgehead atoms. The topological polar surface area (TPSA) is 21.3 Å². The molecular weight excluding hydrogens is 210 g/mol. The molecule has 0 amide bonds. The second-order valence-electron chi connectivity index (χ2n) is 5.53. The highest BCUT2D eigenvalue weighted by Crippen LogP contribution is 2.32. The van der Waals surface area contributed by atoms with E-state index in [1.165, 1.54) is 31.2 Å². The molecule has 1 aliphatic carbocycles. The van der Waals surface area contributed by atoms with E-state index in [9.17, 15) is 0 Å². The summed E-state index contributed by atoms with van der Waals surface area (Å²) in [6.45, 7) is 1.77. The first kappa shape index (κ1) is 11.2. The van der Waals surface area contributed by atoms with Crippen molar-refractivity contribution in [2.75, 3.05) is 13.2 Å². The second-order valence-corrected chi connectivity index (χ2v) is 5.53. The zero-order chi connectivity index (χ0) is 11.6. The van der Waals surface area contributed by atoms with Gasteiger partial charge in [0.2, 0.25) is 0 Å². The van der Waals surface area contributed by atoms with Crippen LogP contribution in [0.3, 0.4) is 0 Å². The third-order valence-corrected chi connectivity index (χ3v) is 4.09. The summed E-state index contributed by atoms with van der Waals surface area (Å²) in [4.78, 5) is 0. The van der Waals surface area contributed by atoms with Crippen LogP contribution in [0.1, 0.15) is 31.2 Å². The van der Waals surface area contributed by atoms with Crippen LogP contribution in [0, 0.1) is 0 Å². The lowest BCUT2D eigenvalue weighted by molar-refractivity contribution is 0.00113. The van der Waals surface area contributed by atoms with Crippen molar-refractivity contribution in [1.29, 1.82) is 0 Å². The fraction of sp³-hybridized carbons (Fsp3) is 0.600. The first-order valence-electron chi connectivity index (χ1n) is 6.76. The Morgan fingerprint density at radius 2 is 1.94 bits per heavy atom. The Morgan fingerprint density at radius 3 is 2.71 bits per heavy atom. The number of benzene rings is 1. The molecule has 0 unspecified atom stereocenters. The van der Waals surface area contributed by atoms with Gasteiger partial charge in [-0.05, 0) is 24.8 Å². The van der Waals surface area contributed by atoms with E-state index in [1.807, 2.05) is 0 Å². The first-order valence-corrected chi connectivity index (χ1v) is 6.76. The maximum Gasteiger partial charge on any atom is 0.0649 e. The third-order valence-electron chi connectivity index (χ3n) is 4.09. The summed E-state index contributed by atoms with van der Waals surface area (Å²) in [6.07, 6.45) is 6.38. The molecule has 1 atom stereocenters. The van der Waals surface area contributed by atoms with Gasteiger partial charge in [-0.25, -0.2) is 0 Å². The smallest absolute Gasteiger partial charge is 0.0649 e. The average molecular weight is 231 g/mol. The van der Waals surface area contributed by atoms with Gasteiger partial charge in [0.25, 0.3) is 0 Å². The van der Waals surface area contributed by atoms with Crippen LogP contribution in [0.15, 0.2) is 30.3 Å². The van der Waals surface area contributed by atoms with Gasteiger partial charge in [0.1, 0.15) is 0 Å². The minimum Gasteiger partial charge on any atom is -0.378 e. The van der Waals surface area contributed by atoms with Crippen LogP contribution < -0.4 is 5.32 Å². The first-order chi connectivity index (χ1) is 8.36. The second kappa shape index (κ2) is 4.79. The molecule has 2 nitrogen and oxygen atoms in total. The van der Waals surface area contributed by atoms with Gasteiger partial charge in [-0.3, -0.25) is 0 Å². The van der Waals surface area contributed by atoms with Crippen molar-refractivity contribution < 1.29 is 4.74 Å². The number of rotatable bonds is 2. The lowest BCUT2D eigenvalue weighted by atomic mass is 9.94. The summed E-state index contributed by atoms with van der Waals surface area (Å²) in [7, 11) is 0. The summed E-state index contributed by atoms with van der Waals surface area (Å²) in [6, 6.07) is 11.2. The summed E-state index contributed by atoms with van der Waals surface area (Å²) < 4.78 is 5.83. The summed E-state index contributed by atoms with van der Waals surface area (Å²) in [5.74, 6) is 0. The minimum absolute atomic E-state index is 0.303. The zero-order valence-corrected chi connectivity index (χ0v) is 10.3. The van der Waals surface area contributed by atoms with Crippen LogP contribution in [0.25, 0.3) is 0 Å². The van der Waals surface area contributed by atoms with E-state index < -0.39 is 0 Å². The Kier molecular flexibility index (Phi) is 3.17. The molecule has 2 fully saturated rings. The van der Waals surface area contributed by atoms with Crippen molar-refractivity contribution in [3.8, 4) is 0 Å². The number of hydrogen-bond donors (Lipinski definition) is 1. The molecule has 1 spiro atoms. The van der Waals surface area contributed by atoms with E-state index in [2.05, 4.69) is 35.6 Å². The third kappa shape index (κ3) is 2.53. The van der Waals surface area contributed by atoms with E-state index in [4.69, 9.17) is 4.74 Å². The molecular formula is C15H21NO. The highest BCUT2D eigenvalue weighted by atomic mass is 16.5. The Labute approximate surface area is 103 Å². The van der Waals surface area contributed by atoms with Crippen LogP contribution in [0.5, 0.6) is 0 Å². The molecule has 1 aromatic carbocycles. The molecule has 1 N–H and O–H groups in total. The van der Waals surface area contributed by atoms with E-state index in [1.54, 1.807) is 0 Å². The lowest BCUT2D eigenvalue weighted by Gasteiger charge is -2.39. The Bertz CT molecular complexity index is 356. The van der Waals surface area contributed by atoms with E-state index in [0.29, 0.717) is 11.6 Å². The predicted molar refractivity (Wildman–Crippen MR) is 69.1 cm³/mol. The van der Waals surface area contributed by atoms with Gasteiger partial charge < -0.3 is 10.1 Å². The molecule has 2 heteroatoms. The van der Waals surface area contributed by atoms with Crippen molar-refractivity contribution >= 4 is 0 Å².